The Hall–Kier alpha value is -3.33. The lowest BCUT2D eigenvalue weighted by molar-refractivity contribution is -0.125. The Labute approximate surface area is 171 Å². The minimum Gasteiger partial charge on any atom is -0.495 e. The second-order valence-electron chi connectivity index (χ2n) is 6.39. The molecule has 0 radical (unpaired) electrons. The van der Waals surface area contributed by atoms with Crippen molar-refractivity contribution < 1.29 is 14.3 Å². The van der Waals surface area contributed by atoms with Crippen molar-refractivity contribution in [2.24, 2.45) is 0 Å². The highest BCUT2D eigenvalue weighted by atomic mass is 32.2. The number of nitrogens with one attached hydrogen (secondary N) is 2. The summed E-state index contributed by atoms with van der Waals surface area (Å²) in [6, 6.07) is 16.3. The lowest BCUT2D eigenvalue weighted by Crippen LogP contribution is -2.36. The number of ether oxygens (including phenoxy) is 1. The zero-order valence-corrected chi connectivity index (χ0v) is 16.5. The Morgan fingerprint density at radius 3 is 2.79 bits per heavy atom. The molecule has 0 saturated heterocycles. The maximum Gasteiger partial charge on any atom is 0.250 e. The van der Waals surface area contributed by atoms with Crippen LogP contribution in [-0.4, -0.2) is 33.7 Å². The van der Waals surface area contributed by atoms with Crippen LogP contribution in [0.15, 0.2) is 59.8 Å². The van der Waals surface area contributed by atoms with Crippen LogP contribution in [0.1, 0.15) is 18.0 Å². The van der Waals surface area contributed by atoms with E-state index in [4.69, 9.17) is 4.74 Å². The largest absolute Gasteiger partial charge is 0.495 e. The van der Waals surface area contributed by atoms with Crippen molar-refractivity contribution in [2.75, 3.05) is 17.7 Å². The van der Waals surface area contributed by atoms with E-state index in [2.05, 4.69) is 20.7 Å². The molecule has 0 fully saturated rings. The van der Waals surface area contributed by atoms with Gasteiger partial charge in [-0.2, -0.15) is 4.98 Å². The first-order valence-electron chi connectivity index (χ1n) is 9.01. The minimum atomic E-state index is -0.790. The Balaban J connectivity index is 1.53. The smallest absolute Gasteiger partial charge is 0.250 e. The van der Waals surface area contributed by atoms with Gasteiger partial charge in [-0.3, -0.25) is 14.9 Å². The fraction of sp³-hybridized carbons (Fsp3) is 0.200. The maximum atomic E-state index is 12.9. The Morgan fingerprint density at radius 2 is 2.00 bits per heavy atom. The number of aromatic nitrogens is 3. The van der Waals surface area contributed by atoms with E-state index in [1.807, 2.05) is 36.4 Å². The molecule has 3 aromatic rings. The average Bonchev–Trinajstić information content (AvgIpc) is 3.15. The molecule has 9 heteroatoms. The molecule has 2 N–H and O–H groups in total. The number of hydrogen-bond acceptors (Lipinski definition) is 6. The van der Waals surface area contributed by atoms with Crippen molar-refractivity contribution in [3.8, 4) is 5.75 Å². The molecule has 1 aliphatic heterocycles. The molecule has 0 unspecified atom stereocenters. The first kappa shape index (κ1) is 19.0. The number of hydrogen-bond donors (Lipinski definition) is 2. The van der Waals surface area contributed by atoms with Crippen molar-refractivity contribution in [3.63, 3.8) is 0 Å². The van der Waals surface area contributed by atoms with Crippen LogP contribution in [0.2, 0.25) is 0 Å². The van der Waals surface area contributed by atoms with Crippen LogP contribution in [0.25, 0.3) is 0 Å². The summed E-state index contributed by atoms with van der Waals surface area (Å²) < 4.78 is 6.74. The van der Waals surface area contributed by atoms with Gasteiger partial charge in [0.25, 0.3) is 0 Å². The predicted octanol–water partition coefficient (Wildman–Crippen LogP) is 3.10. The molecule has 0 saturated carbocycles. The molecule has 0 bridgehead atoms. The van der Waals surface area contributed by atoms with Gasteiger partial charge in [0.15, 0.2) is 0 Å². The fourth-order valence-electron chi connectivity index (χ4n) is 3.00. The summed E-state index contributed by atoms with van der Waals surface area (Å²) in [5, 5.41) is 10.5. The molecule has 2 aromatic carbocycles. The Kier molecular flexibility index (Phi) is 5.48. The summed E-state index contributed by atoms with van der Waals surface area (Å²) in [6.07, 6.45) is -0.0138. The number of para-hydroxylation sites is 2. The van der Waals surface area contributed by atoms with Gasteiger partial charge in [0.1, 0.15) is 11.8 Å². The molecule has 8 nitrogen and oxygen atoms in total. The molecule has 148 valence electrons. The average molecular weight is 409 g/mol. The van der Waals surface area contributed by atoms with Crippen molar-refractivity contribution in [1.82, 2.24) is 14.8 Å². The van der Waals surface area contributed by atoms with E-state index >= 15 is 0 Å². The lowest BCUT2D eigenvalue weighted by Gasteiger charge is -2.22. The van der Waals surface area contributed by atoms with Crippen LogP contribution in [0.5, 0.6) is 5.75 Å². The SMILES string of the molecule is COc1ccccc1NC(=O)[C@@H]1CC(=O)Nc2nc(SCc3ccccc3)nn21. The van der Waals surface area contributed by atoms with E-state index in [0.29, 0.717) is 22.3 Å². The molecule has 4 rings (SSSR count). The summed E-state index contributed by atoms with van der Waals surface area (Å²) in [5.41, 5.74) is 1.67. The molecule has 29 heavy (non-hydrogen) atoms. The first-order chi connectivity index (χ1) is 14.1. The van der Waals surface area contributed by atoms with Crippen LogP contribution in [0.3, 0.4) is 0 Å². The Morgan fingerprint density at radius 1 is 1.24 bits per heavy atom. The number of carbonyl (C=O) groups is 2. The van der Waals surface area contributed by atoms with E-state index in [9.17, 15) is 9.59 Å². The maximum absolute atomic E-state index is 12.9. The van der Waals surface area contributed by atoms with E-state index < -0.39 is 6.04 Å². The first-order valence-corrected chi connectivity index (χ1v) is 9.99. The molecule has 1 aromatic heterocycles. The van der Waals surface area contributed by atoms with Gasteiger partial charge < -0.3 is 10.1 Å². The van der Waals surface area contributed by atoms with E-state index in [0.717, 1.165) is 5.56 Å². The molecular formula is C20H19N5O3S. The van der Waals surface area contributed by atoms with Gasteiger partial charge in [-0.15, -0.1) is 5.10 Å². The number of amides is 2. The summed E-state index contributed by atoms with van der Waals surface area (Å²) in [7, 11) is 1.53. The number of fused-ring (bicyclic) bond motifs is 1. The number of benzene rings is 2. The van der Waals surface area contributed by atoms with Crippen LogP contribution < -0.4 is 15.4 Å². The molecule has 0 spiro atoms. The third kappa shape index (κ3) is 4.24. The van der Waals surface area contributed by atoms with Crippen molar-refractivity contribution in [1.29, 1.82) is 0 Å². The summed E-state index contributed by atoms with van der Waals surface area (Å²) in [5.74, 6) is 0.881. The molecular weight excluding hydrogens is 390 g/mol. The second kappa shape index (κ2) is 8.36. The number of thioether (sulfide) groups is 1. The summed E-state index contributed by atoms with van der Waals surface area (Å²) in [4.78, 5) is 29.4. The van der Waals surface area contributed by atoms with Crippen molar-refractivity contribution >= 4 is 35.2 Å². The number of methoxy groups -OCH3 is 1. The van der Waals surface area contributed by atoms with Crippen molar-refractivity contribution in [3.05, 3.63) is 60.2 Å². The lowest BCUT2D eigenvalue weighted by atomic mass is 10.1. The zero-order chi connectivity index (χ0) is 20.2. The number of anilines is 2. The highest BCUT2D eigenvalue weighted by Crippen LogP contribution is 2.30. The van der Waals surface area contributed by atoms with Gasteiger partial charge in [-0.1, -0.05) is 54.2 Å². The topological polar surface area (TPSA) is 98.1 Å². The van der Waals surface area contributed by atoms with Gasteiger partial charge in [-0.05, 0) is 17.7 Å². The normalized spacial score (nSPS) is 15.3. The number of rotatable bonds is 6. The highest BCUT2D eigenvalue weighted by Gasteiger charge is 2.33. The van der Waals surface area contributed by atoms with Crippen LogP contribution in [0, 0.1) is 0 Å². The summed E-state index contributed by atoms with van der Waals surface area (Å²) in [6.45, 7) is 0. The van der Waals surface area contributed by atoms with Gasteiger partial charge >= 0.3 is 0 Å². The van der Waals surface area contributed by atoms with Gasteiger partial charge in [0.2, 0.25) is 22.9 Å². The van der Waals surface area contributed by atoms with E-state index in [-0.39, 0.29) is 24.2 Å². The van der Waals surface area contributed by atoms with Crippen molar-refractivity contribution in [2.45, 2.75) is 23.4 Å². The molecule has 1 atom stereocenters. The van der Waals surface area contributed by atoms with Crippen LogP contribution in [-0.2, 0) is 15.3 Å². The monoisotopic (exact) mass is 409 g/mol. The van der Waals surface area contributed by atoms with Crippen LogP contribution in [0.4, 0.5) is 11.6 Å². The molecule has 2 heterocycles. The molecule has 0 aliphatic carbocycles. The third-order valence-corrected chi connectivity index (χ3v) is 5.32. The van der Waals surface area contributed by atoms with E-state index in [1.165, 1.54) is 23.6 Å². The van der Waals surface area contributed by atoms with Crippen LogP contribution >= 0.6 is 11.8 Å². The summed E-state index contributed by atoms with van der Waals surface area (Å²) >= 11 is 1.45. The second-order valence-corrected chi connectivity index (χ2v) is 7.34. The molecule has 1 aliphatic rings. The zero-order valence-electron chi connectivity index (χ0n) is 15.7. The standard InChI is InChI=1S/C20H19N5O3S/c1-28-16-10-6-5-9-14(16)21-18(27)15-11-17(26)22-19-23-20(24-25(15)19)29-12-13-7-3-2-4-8-13/h2-10,15H,11-12H2,1H3,(H,21,27)(H,22,23,24,26)/t15-/m0/s1. The highest BCUT2D eigenvalue weighted by molar-refractivity contribution is 7.98. The fourth-order valence-corrected chi connectivity index (χ4v) is 3.78. The molecule has 2 amide bonds. The predicted molar refractivity (Wildman–Crippen MR) is 110 cm³/mol. The van der Waals surface area contributed by atoms with Gasteiger partial charge in [0, 0.05) is 5.75 Å². The quantitative estimate of drug-likeness (QED) is 0.607. The number of carbonyl (C=O) groups excluding carboxylic acids is 2. The minimum absolute atomic E-state index is 0.0138. The Bertz CT molecular complexity index is 1040. The van der Waals surface area contributed by atoms with Gasteiger partial charge in [0.05, 0.1) is 19.2 Å². The van der Waals surface area contributed by atoms with Gasteiger partial charge in [-0.25, -0.2) is 4.68 Å². The third-order valence-electron chi connectivity index (χ3n) is 4.42. The number of nitrogens with zero attached hydrogens (tertiary/aromatic N) is 3. The van der Waals surface area contributed by atoms with E-state index in [1.54, 1.807) is 18.2 Å².